The summed E-state index contributed by atoms with van der Waals surface area (Å²) in [5.41, 5.74) is 0.701. The summed E-state index contributed by atoms with van der Waals surface area (Å²) >= 11 is 6.00. The van der Waals surface area contributed by atoms with Crippen molar-refractivity contribution >= 4 is 17.5 Å². The minimum absolute atomic E-state index is 0.150. The standard InChI is InChI=1S/C11H10ClN3O2/c1-7(16)13-6-10-14-11(15-17-10)8-4-2-3-5-9(8)12/h2-5H,6H2,1H3,(H,13,16). The van der Waals surface area contributed by atoms with Crippen molar-refractivity contribution in [2.24, 2.45) is 0 Å². The van der Waals surface area contributed by atoms with Crippen molar-refractivity contribution < 1.29 is 9.32 Å². The van der Waals surface area contributed by atoms with Crippen LogP contribution in [0.1, 0.15) is 12.8 Å². The summed E-state index contributed by atoms with van der Waals surface area (Å²) in [5, 5.41) is 6.93. The smallest absolute Gasteiger partial charge is 0.246 e. The second-order valence-electron chi connectivity index (χ2n) is 3.40. The first-order valence-corrected chi connectivity index (χ1v) is 5.36. The van der Waals surface area contributed by atoms with Gasteiger partial charge in [-0.05, 0) is 12.1 Å². The second-order valence-corrected chi connectivity index (χ2v) is 3.81. The molecule has 0 spiro atoms. The molecule has 6 heteroatoms. The predicted octanol–water partition coefficient (Wildman–Crippen LogP) is 2.03. The molecule has 0 saturated heterocycles. The van der Waals surface area contributed by atoms with Crippen molar-refractivity contribution in [1.29, 1.82) is 0 Å². The van der Waals surface area contributed by atoms with E-state index in [-0.39, 0.29) is 12.5 Å². The van der Waals surface area contributed by atoms with E-state index in [1.54, 1.807) is 12.1 Å². The normalized spacial score (nSPS) is 10.2. The van der Waals surface area contributed by atoms with Gasteiger partial charge in [0.25, 0.3) is 0 Å². The van der Waals surface area contributed by atoms with Crippen LogP contribution in [0.5, 0.6) is 0 Å². The zero-order chi connectivity index (χ0) is 12.3. The number of hydrogen-bond donors (Lipinski definition) is 1. The predicted molar refractivity (Wildman–Crippen MR) is 62.3 cm³/mol. The molecule has 1 aromatic carbocycles. The molecule has 0 unspecified atom stereocenters. The molecule has 88 valence electrons. The SMILES string of the molecule is CC(=O)NCc1nc(-c2ccccc2Cl)no1. The summed E-state index contributed by atoms with van der Waals surface area (Å²) in [4.78, 5) is 14.9. The lowest BCUT2D eigenvalue weighted by Gasteiger charge is -1.96. The highest BCUT2D eigenvalue weighted by Gasteiger charge is 2.11. The fraction of sp³-hybridized carbons (Fsp3) is 0.182. The number of halogens is 1. The lowest BCUT2D eigenvalue weighted by molar-refractivity contribution is -0.119. The lowest BCUT2D eigenvalue weighted by Crippen LogP contribution is -2.18. The van der Waals surface area contributed by atoms with E-state index in [1.807, 2.05) is 12.1 Å². The van der Waals surface area contributed by atoms with E-state index in [2.05, 4.69) is 15.5 Å². The Bertz CT molecular complexity index is 539. The molecule has 0 fully saturated rings. The van der Waals surface area contributed by atoms with Crippen LogP contribution in [0.4, 0.5) is 0 Å². The van der Waals surface area contributed by atoms with Gasteiger partial charge in [0.2, 0.25) is 17.6 Å². The number of nitrogens with zero attached hydrogens (tertiary/aromatic N) is 2. The van der Waals surface area contributed by atoms with Crippen molar-refractivity contribution in [2.45, 2.75) is 13.5 Å². The Morgan fingerprint density at radius 1 is 1.47 bits per heavy atom. The summed E-state index contributed by atoms with van der Waals surface area (Å²) in [6.45, 7) is 1.64. The molecule has 0 radical (unpaired) electrons. The number of nitrogens with one attached hydrogen (secondary N) is 1. The van der Waals surface area contributed by atoms with Gasteiger partial charge in [-0.3, -0.25) is 4.79 Å². The molecule has 2 aromatic rings. The van der Waals surface area contributed by atoms with Gasteiger partial charge in [0.05, 0.1) is 11.6 Å². The Kier molecular flexibility index (Phi) is 3.39. The topological polar surface area (TPSA) is 68.0 Å². The molecular formula is C11H10ClN3O2. The highest BCUT2D eigenvalue weighted by molar-refractivity contribution is 6.33. The number of carbonyl (C=O) groups excluding carboxylic acids is 1. The van der Waals surface area contributed by atoms with Gasteiger partial charge < -0.3 is 9.84 Å². The van der Waals surface area contributed by atoms with E-state index in [0.29, 0.717) is 22.3 Å². The van der Waals surface area contributed by atoms with Crippen molar-refractivity contribution in [3.05, 3.63) is 35.2 Å². The average molecular weight is 252 g/mol. The van der Waals surface area contributed by atoms with Gasteiger partial charge in [-0.1, -0.05) is 28.9 Å². The third kappa shape index (κ3) is 2.82. The maximum atomic E-state index is 10.7. The van der Waals surface area contributed by atoms with Crippen molar-refractivity contribution in [3.63, 3.8) is 0 Å². The van der Waals surface area contributed by atoms with Crippen LogP contribution in [0.3, 0.4) is 0 Å². The molecule has 0 aliphatic heterocycles. The van der Waals surface area contributed by atoms with E-state index in [1.165, 1.54) is 6.92 Å². The van der Waals surface area contributed by atoms with Crippen LogP contribution in [0, 0.1) is 0 Å². The van der Waals surface area contributed by atoms with E-state index in [4.69, 9.17) is 16.1 Å². The Balaban J connectivity index is 2.18. The van der Waals surface area contributed by atoms with Gasteiger partial charge in [0, 0.05) is 12.5 Å². The van der Waals surface area contributed by atoms with Crippen LogP contribution < -0.4 is 5.32 Å². The number of hydrogen-bond acceptors (Lipinski definition) is 4. The zero-order valence-electron chi connectivity index (χ0n) is 9.11. The van der Waals surface area contributed by atoms with Gasteiger partial charge in [-0.25, -0.2) is 0 Å². The number of carbonyl (C=O) groups is 1. The van der Waals surface area contributed by atoms with Crippen LogP contribution in [0.15, 0.2) is 28.8 Å². The third-order valence-corrected chi connectivity index (χ3v) is 2.40. The third-order valence-electron chi connectivity index (χ3n) is 2.07. The molecule has 0 atom stereocenters. The van der Waals surface area contributed by atoms with Crippen LogP contribution in [0.25, 0.3) is 11.4 Å². The molecule has 17 heavy (non-hydrogen) atoms. The highest BCUT2D eigenvalue weighted by atomic mass is 35.5. The van der Waals surface area contributed by atoms with Crippen molar-refractivity contribution in [3.8, 4) is 11.4 Å². The minimum atomic E-state index is -0.150. The molecule has 0 aliphatic rings. The first kappa shape index (κ1) is 11.6. The minimum Gasteiger partial charge on any atom is -0.347 e. The molecule has 5 nitrogen and oxygen atoms in total. The van der Waals surface area contributed by atoms with Crippen LogP contribution >= 0.6 is 11.6 Å². The van der Waals surface area contributed by atoms with Gasteiger partial charge in [0.15, 0.2) is 0 Å². The van der Waals surface area contributed by atoms with Gasteiger partial charge in [0.1, 0.15) is 0 Å². The van der Waals surface area contributed by atoms with Gasteiger partial charge in [-0.2, -0.15) is 4.98 Å². The Morgan fingerprint density at radius 3 is 2.94 bits per heavy atom. The van der Waals surface area contributed by atoms with Crippen LogP contribution in [-0.4, -0.2) is 16.0 Å². The number of amides is 1. The average Bonchev–Trinajstić information content (AvgIpc) is 2.75. The molecule has 0 saturated carbocycles. The largest absolute Gasteiger partial charge is 0.347 e. The second kappa shape index (κ2) is 4.97. The zero-order valence-corrected chi connectivity index (χ0v) is 9.86. The van der Waals surface area contributed by atoms with E-state index in [0.717, 1.165) is 0 Å². The van der Waals surface area contributed by atoms with Crippen molar-refractivity contribution in [1.82, 2.24) is 15.5 Å². The van der Waals surface area contributed by atoms with E-state index in [9.17, 15) is 4.79 Å². The molecular weight excluding hydrogens is 242 g/mol. The van der Waals surface area contributed by atoms with Crippen LogP contribution in [0.2, 0.25) is 5.02 Å². The summed E-state index contributed by atoms with van der Waals surface area (Å²) in [6.07, 6.45) is 0. The maximum Gasteiger partial charge on any atom is 0.246 e. The first-order valence-electron chi connectivity index (χ1n) is 4.99. The molecule has 0 aliphatic carbocycles. The fourth-order valence-corrected chi connectivity index (χ4v) is 1.50. The highest BCUT2D eigenvalue weighted by Crippen LogP contribution is 2.24. The van der Waals surface area contributed by atoms with E-state index >= 15 is 0 Å². The Hall–Kier alpha value is -1.88. The number of rotatable bonds is 3. The summed E-state index contributed by atoms with van der Waals surface area (Å²) in [7, 11) is 0. The maximum absolute atomic E-state index is 10.7. The quantitative estimate of drug-likeness (QED) is 0.906. The summed E-state index contributed by atoms with van der Waals surface area (Å²) in [6, 6.07) is 7.21. The lowest BCUT2D eigenvalue weighted by atomic mass is 10.2. The fourth-order valence-electron chi connectivity index (χ4n) is 1.28. The number of benzene rings is 1. The van der Waals surface area contributed by atoms with Gasteiger partial charge >= 0.3 is 0 Å². The molecule has 1 aromatic heterocycles. The molecule has 1 N–H and O–H groups in total. The van der Waals surface area contributed by atoms with Crippen molar-refractivity contribution in [2.75, 3.05) is 0 Å². The first-order chi connectivity index (χ1) is 8.16. The summed E-state index contributed by atoms with van der Waals surface area (Å²) < 4.78 is 4.99. The van der Waals surface area contributed by atoms with Crippen LogP contribution in [-0.2, 0) is 11.3 Å². The Labute approximate surface area is 103 Å². The molecule has 1 heterocycles. The number of aromatic nitrogens is 2. The molecule has 2 rings (SSSR count). The van der Waals surface area contributed by atoms with E-state index < -0.39 is 0 Å². The summed E-state index contributed by atoms with van der Waals surface area (Å²) in [5.74, 6) is 0.605. The Morgan fingerprint density at radius 2 is 2.24 bits per heavy atom. The molecule has 1 amide bonds. The molecule has 0 bridgehead atoms. The van der Waals surface area contributed by atoms with Gasteiger partial charge in [-0.15, -0.1) is 0 Å². The monoisotopic (exact) mass is 251 g/mol.